The molecule has 0 radical (unpaired) electrons. The molecule has 0 unspecified atom stereocenters. The summed E-state index contributed by atoms with van der Waals surface area (Å²) in [7, 11) is 1.89. The highest BCUT2D eigenvalue weighted by Crippen LogP contribution is 2.30. The first-order chi connectivity index (χ1) is 9.26. The Morgan fingerprint density at radius 2 is 2.11 bits per heavy atom. The monoisotopic (exact) mass is 260 g/mol. The summed E-state index contributed by atoms with van der Waals surface area (Å²) in [4.78, 5) is 2.17. The van der Waals surface area contributed by atoms with Gasteiger partial charge in [-0.1, -0.05) is 6.07 Å². The summed E-state index contributed by atoms with van der Waals surface area (Å²) in [5.74, 6) is 1.67. The van der Waals surface area contributed by atoms with Crippen LogP contribution in [0.15, 0.2) is 34.7 Å². The highest BCUT2D eigenvalue weighted by Gasteiger charge is 2.20. The fraction of sp³-hybridized carbons (Fsp3) is 0.333. The smallest absolute Gasteiger partial charge is 0.125 e. The lowest BCUT2D eigenvalue weighted by molar-refractivity contribution is 0.452. The quantitative estimate of drug-likeness (QED) is 0.916. The van der Waals surface area contributed by atoms with Crippen LogP contribution in [0.5, 0.6) is 0 Å². The summed E-state index contributed by atoms with van der Waals surface area (Å²) in [6.45, 7) is 2.34. The number of halogens is 1. The lowest BCUT2D eigenvalue weighted by Crippen LogP contribution is -2.19. The van der Waals surface area contributed by atoms with Crippen molar-refractivity contribution in [1.82, 2.24) is 5.32 Å². The van der Waals surface area contributed by atoms with Crippen LogP contribution in [0.3, 0.4) is 0 Å². The highest BCUT2D eigenvalue weighted by atomic mass is 19.1. The molecule has 0 fully saturated rings. The molecule has 0 amide bonds. The van der Waals surface area contributed by atoms with Gasteiger partial charge in [0.15, 0.2) is 0 Å². The van der Waals surface area contributed by atoms with Crippen LogP contribution in [-0.4, -0.2) is 13.6 Å². The van der Waals surface area contributed by atoms with Crippen molar-refractivity contribution in [1.29, 1.82) is 0 Å². The Labute approximate surface area is 112 Å². The van der Waals surface area contributed by atoms with Crippen molar-refractivity contribution in [3.8, 4) is 0 Å². The molecule has 1 aliphatic rings. The third kappa shape index (κ3) is 2.49. The summed E-state index contributed by atoms with van der Waals surface area (Å²) >= 11 is 0. The molecule has 2 heterocycles. The van der Waals surface area contributed by atoms with Gasteiger partial charge < -0.3 is 14.6 Å². The zero-order valence-corrected chi connectivity index (χ0v) is 10.9. The van der Waals surface area contributed by atoms with Crippen molar-refractivity contribution in [3.05, 3.63) is 53.2 Å². The normalized spacial score (nSPS) is 13.9. The van der Waals surface area contributed by atoms with Crippen molar-refractivity contribution in [2.75, 3.05) is 18.5 Å². The van der Waals surface area contributed by atoms with E-state index in [1.54, 1.807) is 6.07 Å². The van der Waals surface area contributed by atoms with E-state index in [0.717, 1.165) is 36.7 Å². The number of nitrogens with one attached hydrogen (secondary N) is 1. The standard InChI is InChI=1S/C15H17FN2O/c1-17-9-13-4-5-14(19-13)10-18-7-6-11-2-3-12(16)8-15(11)18/h2-5,8,17H,6-7,9-10H2,1H3. The number of fused-ring (bicyclic) bond motifs is 1. The van der Waals surface area contributed by atoms with Crippen LogP contribution < -0.4 is 10.2 Å². The zero-order chi connectivity index (χ0) is 13.2. The number of anilines is 1. The van der Waals surface area contributed by atoms with E-state index in [1.807, 2.05) is 25.2 Å². The minimum atomic E-state index is -0.180. The van der Waals surface area contributed by atoms with Gasteiger partial charge in [-0.15, -0.1) is 0 Å². The Bertz CT molecular complexity index is 579. The average Bonchev–Trinajstić information content (AvgIpc) is 2.98. The first-order valence-electron chi connectivity index (χ1n) is 6.52. The lowest BCUT2D eigenvalue weighted by Gasteiger charge is -2.17. The van der Waals surface area contributed by atoms with Crippen molar-refractivity contribution in [2.45, 2.75) is 19.5 Å². The van der Waals surface area contributed by atoms with Gasteiger partial charge in [0.1, 0.15) is 17.3 Å². The maximum absolute atomic E-state index is 13.3. The van der Waals surface area contributed by atoms with Crippen LogP contribution in [0, 0.1) is 5.82 Å². The molecular weight excluding hydrogens is 243 g/mol. The molecule has 0 saturated carbocycles. The molecule has 1 aromatic carbocycles. The number of nitrogens with zero attached hydrogens (tertiary/aromatic N) is 1. The summed E-state index contributed by atoms with van der Waals surface area (Å²) in [6.07, 6.45) is 0.972. The van der Waals surface area contributed by atoms with Gasteiger partial charge in [0, 0.05) is 12.2 Å². The molecule has 100 valence electrons. The molecule has 4 heteroatoms. The van der Waals surface area contributed by atoms with Crippen LogP contribution in [0.25, 0.3) is 0 Å². The van der Waals surface area contributed by atoms with Gasteiger partial charge in [-0.05, 0) is 43.3 Å². The first kappa shape index (κ1) is 12.2. The SMILES string of the molecule is CNCc1ccc(CN2CCc3ccc(F)cc32)o1. The maximum Gasteiger partial charge on any atom is 0.125 e. The van der Waals surface area contributed by atoms with Crippen molar-refractivity contribution in [2.24, 2.45) is 0 Å². The van der Waals surface area contributed by atoms with Gasteiger partial charge >= 0.3 is 0 Å². The molecule has 2 aromatic rings. The molecule has 3 nitrogen and oxygen atoms in total. The molecule has 1 aliphatic heterocycles. The molecule has 1 N–H and O–H groups in total. The van der Waals surface area contributed by atoms with E-state index >= 15 is 0 Å². The largest absolute Gasteiger partial charge is 0.463 e. The zero-order valence-electron chi connectivity index (χ0n) is 10.9. The molecule has 0 saturated heterocycles. The van der Waals surface area contributed by atoms with Crippen LogP contribution in [0.1, 0.15) is 17.1 Å². The topological polar surface area (TPSA) is 28.4 Å². The van der Waals surface area contributed by atoms with E-state index < -0.39 is 0 Å². The minimum absolute atomic E-state index is 0.180. The Balaban J connectivity index is 1.76. The molecule has 0 bridgehead atoms. The second-order valence-electron chi connectivity index (χ2n) is 4.84. The fourth-order valence-corrected chi connectivity index (χ4v) is 2.55. The van der Waals surface area contributed by atoms with Crippen molar-refractivity contribution in [3.63, 3.8) is 0 Å². The number of furan rings is 1. The van der Waals surface area contributed by atoms with Gasteiger partial charge in [0.2, 0.25) is 0 Å². The predicted molar refractivity (Wildman–Crippen MR) is 72.6 cm³/mol. The lowest BCUT2D eigenvalue weighted by atomic mass is 10.2. The number of hydrogen-bond donors (Lipinski definition) is 1. The number of hydrogen-bond acceptors (Lipinski definition) is 3. The van der Waals surface area contributed by atoms with Crippen molar-refractivity contribution < 1.29 is 8.81 Å². The van der Waals surface area contributed by atoms with Crippen LogP contribution in [-0.2, 0) is 19.5 Å². The molecule has 3 rings (SSSR count). The van der Waals surface area contributed by atoms with Gasteiger partial charge in [-0.25, -0.2) is 4.39 Å². The predicted octanol–water partition coefficient (Wildman–Crippen LogP) is 2.70. The Morgan fingerprint density at radius 3 is 2.95 bits per heavy atom. The van der Waals surface area contributed by atoms with E-state index in [0.29, 0.717) is 6.54 Å². The van der Waals surface area contributed by atoms with Gasteiger partial charge in [0.05, 0.1) is 13.1 Å². The number of benzene rings is 1. The van der Waals surface area contributed by atoms with Gasteiger partial charge in [0.25, 0.3) is 0 Å². The Kier molecular flexibility index (Phi) is 3.25. The van der Waals surface area contributed by atoms with Gasteiger partial charge in [-0.2, -0.15) is 0 Å². The van der Waals surface area contributed by atoms with Crippen LogP contribution >= 0.6 is 0 Å². The van der Waals surface area contributed by atoms with Crippen molar-refractivity contribution >= 4 is 5.69 Å². The molecule has 0 atom stereocenters. The van der Waals surface area contributed by atoms with Crippen LogP contribution in [0.4, 0.5) is 10.1 Å². The third-order valence-electron chi connectivity index (χ3n) is 3.45. The van der Waals surface area contributed by atoms with E-state index in [4.69, 9.17) is 4.42 Å². The summed E-state index contributed by atoms with van der Waals surface area (Å²) in [6, 6.07) is 8.98. The van der Waals surface area contributed by atoms with E-state index in [2.05, 4.69) is 10.2 Å². The first-order valence-corrected chi connectivity index (χ1v) is 6.52. The molecule has 0 aliphatic carbocycles. The van der Waals surface area contributed by atoms with E-state index in [9.17, 15) is 4.39 Å². The molecule has 0 spiro atoms. The van der Waals surface area contributed by atoms with E-state index in [-0.39, 0.29) is 5.82 Å². The third-order valence-corrected chi connectivity index (χ3v) is 3.45. The highest BCUT2D eigenvalue weighted by molar-refractivity contribution is 5.58. The minimum Gasteiger partial charge on any atom is -0.463 e. The summed E-state index contributed by atoms with van der Waals surface area (Å²) in [5.41, 5.74) is 2.20. The molecular formula is C15H17FN2O. The number of rotatable bonds is 4. The summed E-state index contributed by atoms with van der Waals surface area (Å²) in [5, 5.41) is 3.06. The van der Waals surface area contributed by atoms with Gasteiger partial charge in [-0.3, -0.25) is 0 Å². The average molecular weight is 260 g/mol. The maximum atomic E-state index is 13.3. The fourth-order valence-electron chi connectivity index (χ4n) is 2.55. The Hall–Kier alpha value is -1.81. The molecule has 19 heavy (non-hydrogen) atoms. The second kappa shape index (κ2) is 5.05. The second-order valence-corrected chi connectivity index (χ2v) is 4.84. The van der Waals surface area contributed by atoms with E-state index in [1.165, 1.54) is 11.6 Å². The van der Waals surface area contributed by atoms with Crippen LogP contribution in [0.2, 0.25) is 0 Å². The molecule has 1 aromatic heterocycles. The summed E-state index contributed by atoms with van der Waals surface area (Å²) < 4.78 is 19.1. The Morgan fingerprint density at radius 1 is 1.26 bits per heavy atom.